The van der Waals surface area contributed by atoms with Crippen LogP contribution in [0.5, 0.6) is 0 Å². The maximum absolute atomic E-state index is 13.4. The summed E-state index contributed by atoms with van der Waals surface area (Å²) in [5.74, 6) is -2.45. The third-order valence-electron chi connectivity index (χ3n) is 4.66. The van der Waals surface area contributed by atoms with Gasteiger partial charge in [0.2, 0.25) is 11.8 Å². The average molecular weight is 364 g/mol. The molecular weight excluding hydrogens is 339 g/mol. The first-order chi connectivity index (χ1) is 12.3. The highest BCUT2D eigenvalue weighted by atomic mass is 19.1. The van der Waals surface area contributed by atoms with Gasteiger partial charge < -0.3 is 15.3 Å². The van der Waals surface area contributed by atoms with E-state index in [1.54, 1.807) is 4.90 Å². The number of aliphatic carboxylic acids is 1. The van der Waals surface area contributed by atoms with Gasteiger partial charge in [0.1, 0.15) is 5.82 Å². The van der Waals surface area contributed by atoms with Gasteiger partial charge in [-0.3, -0.25) is 9.59 Å². The largest absolute Gasteiger partial charge is 0.479 e. The average Bonchev–Trinajstić information content (AvgIpc) is 2.62. The molecule has 2 N–H and O–H groups in total. The predicted octanol–water partition coefficient (Wildman–Crippen LogP) is 2.41. The lowest BCUT2D eigenvalue weighted by Crippen LogP contribution is -2.47. The Labute approximate surface area is 152 Å². The molecule has 0 saturated carbocycles. The Morgan fingerprint density at radius 3 is 2.73 bits per heavy atom. The Kier molecular flexibility index (Phi) is 6.71. The molecule has 0 spiro atoms. The third kappa shape index (κ3) is 4.80. The maximum Gasteiger partial charge on any atom is 0.330 e. The first-order valence-electron chi connectivity index (χ1n) is 8.90. The van der Waals surface area contributed by atoms with Crippen molar-refractivity contribution in [3.8, 4) is 0 Å². The van der Waals surface area contributed by atoms with E-state index in [9.17, 15) is 23.9 Å². The molecule has 1 fully saturated rings. The molecule has 1 aliphatic rings. The maximum atomic E-state index is 13.4. The number of aryl methyl sites for hydroxylation is 1. The van der Waals surface area contributed by atoms with Gasteiger partial charge in [-0.1, -0.05) is 19.1 Å². The molecule has 1 aliphatic heterocycles. The number of hydrogen-bond donors (Lipinski definition) is 2. The van der Waals surface area contributed by atoms with Crippen molar-refractivity contribution in [2.45, 2.75) is 45.6 Å². The molecule has 0 aromatic heterocycles. The van der Waals surface area contributed by atoms with Crippen LogP contribution in [0.4, 0.5) is 4.39 Å². The number of nitrogens with zero attached hydrogens (tertiary/aromatic N) is 1. The number of carboxylic acids is 1. The lowest BCUT2D eigenvalue weighted by Gasteiger charge is -2.32. The summed E-state index contributed by atoms with van der Waals surface area (Å²) < 4.78 is 13.4. The van der Waals surface area contributed by atoms with Crippen LogP contribution in [0.15, 0.2) is 18.2 Å². The molecular formula is C19H25FN2O4. The van der Waals surface area contributed by atoms with Crippen LogP contribution in [0, 0.1) is 18.7 Å². The lowest BCUT2D eigenvalue weighted by molar-refractivity contribution is -0.144. The number of hydrogen-bond acceptors (Lipinski definition) is 3. The predicted molar refractivity (Wildman–Crippen MR) is 93.9 cm³/mol. The van der Waals surface area contributed by atoms with Gasteiger partial charge >= 0.3 is 5.97 Å². The van der Waals surface area contributed by atoms with Crippen LogP contribution in [0.3, 0.4) is 0 Å². The summed E-state index contributed by atoms with van der Waals surface area (Å²) in [7, 11) is 0. The number of rotatable bonds is 6. The fourth-order valence-corrected chi connectivity index (χ4v) is 3.18. The van der Waals surface area contributed by atoms with Crippen LogP contribution in [0.25, 0.3) is 0 Å². The summed E-state index contributed by atoms with van der Waals surface area (Å²) in [5.41, 5.74) is 0.636. The van der Waals surface area contributed by atoms with Crippen molar-refractivity contribution in [2.24, 2.45) is 5.92 Å². The second-order valence-electron chi connectivity index (χ2n) is 6.72. The number of carbonyl (C=O) groups excluding carboxylic acids is 2. The van der Waals surface area contributed by atoms with Crippen molar-refractivity contribution >= 4 is 17.8 Å². The molecule has 2 amide bonds. The van der Waals surface area contributed by atoms with Crippen molar-refractivity contribution in [3.63, 3.8) is 0 Å². The summed E-state index contributed by atoms with van der Waals surface area (Å²) >= 11 is 0. The summed E-state index contributed by atoms with van der Waals surface area (Å²) in [4.78, 5) is 37.9. The fraction of sp³-hybridized carbons (Fsp3) is 0.526. The first-order valence-corrected chi connectivity index (χ1v) is 8.90. The van der Waals surface area contributed by atoms with Crippen LogP contribution >= 0.6 is 0 Å². The van der Waals surface area contributed by atoms with E-state index >= 15 is 0 Å². The Morgan fingerprint density at radius 2 is 2.12 bits per heavy atom. The molecule has 2 atom stereocenters. The Bertz CT molecular complexity index is 692. The van der Waals surface area contributed by atoms with Gasteiger partial charge in [0.25, 0.3) is 0 Å². The topological polar surface area (TPSA) is 86.7 Å². The van der Waals surface area contributed by atoms with Crippen molar-refractivity contribution in [1.82, 2.24) is 10.2 Å². The van der Waals surface area contributed by atoms with Crippen molar-refractivity contribution in [1.29, 1.82) is 0 Å². The SMILES string of the molecule is CCCC(=O)N1CCCC(C(=O)NC(C(=O)O)c2ccc(F)c(C)c2)C1. The van der Waals surface area contributed by atoms with Gasteiger partial charge in [-0.15, -0.1) is 0 Å². The Hall–Kier alpha value is -2.44. The minimum absolute atomic E-state index is 0.0222. The molecule has 1 aromatic carbocycles. The van der Waals surface area contributed by atoms with E-state index < -0.39 is 29.7 Å². The summed E-state index contributed by atoms with van der Waals surface area (Å²) in [6, 6.07) is 2.73. The van der Waals surface area contributed by atoms with Crippen molar-refractivity contribution in [3.05, 3.63) is 35.1 Å². The van der Waals surface area contributed by atoms with Crippen molar-refractivity contribution < 1.29 is 23.9 Å². The van der Waals surface area contributed by atoms with E-state index in [1.165, 1.54) is 25.1 Å². The van der Waals surface area contributed by atoms with Gasteiger partial charge in [-0.05, 0) is 43.4 Å². The Morgan fingerprint density at radius 1 is 1.38 bits per heavy atom. The van der Waals surface area contributed by atoms with Gasteiger partial charge in [0.05, 0.1) is 5.92 Å². The summed E-state index contributed by atoms with van der Waals surface area (Å²) in [6.45, 7) is 4.40. The number of nitrogens with one attached hydrogen (secondary N) is 1. The van der Waals surface area contributed by atoms with E-state index in [1.807, 2.05) is 6.92 Å². The third-order valence-corrected chi connectivity index (χ3v) is 4.66. The molecule has 2 unspecified atom stereocenters. The number of halogens is 1. The Balaban J connectivity index is 2.08. The van der Waals surface area contributed by atoms with Crippen LogP contribution in [-0.2, 0) is 14.4 Å². The van der Waals surface area contributed by atoms with Crippen LogP contribution in [0.1, 0.15) is 49.8 Å². The molecule has 7 heteroatoms. The molecule has 1 saturated heterocycles. The second kappa shape index (κ2) is 8.78. The molecule has 0 bridgehead atoms. The summed E-state index contributed by atoms with van der Waals surface area (Å²) in [5, 5.41) is 12.0. The molecule has 142 valence electrons. The van der Waals surface area contributed by atoms with Crippen LogP contribution < -0.4 is 5.32 Å². The normalized spacial score (nSPS) is 18.3. The van der Waals surface area contributed by atoms with Gasteiger partial charge in [0.15, 0.2) is 6.04 Å². The zero-order valence-corrected chi connectivity index (χ0v) is 15.1. The molecule has 2 rings (SSSR count). The van der Waals surface area contributed by atoms with Gasteiger partial charge in [0, 0.05) is 19.5 Å². The summed E-state index contributed by atoms with van der Waals surface area (Å²) in [6.07, 6.45) is 2.51. The highest BCUT2D eigenvalue weighted by Gasteiger charge is 2.31. The number of benzene rings is 1. The minimum Gasteiger partial charge on any atom is -0.479 e. The van der Waals surface area contributed by atoms with Crippen LogP contribution in [0.2, 0.25) is 0 Å². The van der Waals surface area contributed by atoms with Crippen LogP contribution in [-0.4, -0.2) is 40.9 Å². The first kappa shape index (κ1) is 19.9. The quantitative estimate of drug-likeness (QED) is 0.812. The number of piperidine rings is 1. The molecule has 1 aromatic rings. The van der Waals surface area contributed by atoms with E-state index in [0.717, 1.165) is 6.42 Å². The molecule has 0 aliphatic carbocycles. The van der Waals surface area contributed by atoms with E-state index in [2.05, 4.69) is 5.32 Å². The van der Waals surface area contributed by atoms with Gasteiger partial charge in [-0.2, -0.15) is 0 Å². The van der Waals surface area contributed by atoms with Crippen molar-refractivity contribution in [2.75, 3.05) is 13.1 Å². The zero-order valence-electron chi connectivity index (χ0n) is 15.1. The standard InChI is InChI=1S/C19H25FN2O4/c1-3-5-16(23)22-9-4-6-14(11-22)18(24)21-17(19(25)26)13-7-8-15(20)12(2)10-13/h7-8,10,14,17H,3-6,9,11H2,1-2H3,(H,21,24)(H,25,26). The van der Waals surface area contributed by atoms with E-state index in [-0.39, 0.29) is 5.91 Å². The second-order valence-corrected chi connectivity index (χ2v) is 6.72. The number of carbonyl (C=O) groups is 3. The molecule has 1 heterocycles. The molecule has 6 nitrogen and oxygen atoms in total. The molecule has 0 radical (unpaired) electrons. The highest BCUT2D eigenvalue weighted by molar-refractivity contribution is 5.86. The number of carboxylic acid groups (broad SMARTS) is 1. The lowest BCUT2D eigenvalue weighted by atomic mass is 9.95. The molecule has 26 heavy (non-hydrogen) atoms. The van der Waals surface area contributed by atoms with E-state index in [0.29, 0.717) is 43.5 Å². The minimum atomic E-state index is -1.25. The highest BCUT2D eigenvalue weighted by Crippen LogP contribution is 2.21. The smallest absolute Gasteiger partial charge is 0.330 e. The number of amides is 2. The zero-order chi connectivity index (χ0) is 19.3. The van der Waals surface area contributed by atoms with Gasteiger partial charge in [-0.25, -0.2) is 9.18 Å². The monoisotopic (exact) mass is 364 g/mol. The number of likely N-dealkylation sites (tertiary alicyclic amines) is 1. The fourth-order valence-electron chi connectivity index (χ4n) is 3.18. The van der Waals surface area contributed by atoms with E-state index in [4.69, 9.17) is 0 Å².